The van der Waals surface area contributed by atoms with Gasteiger partial charge < -0.3 is 5.11 Å². The fourth-order valence-corrected chi connectivity index (χ4v) is 1.04. The number of carboxylic acid groups (broad SMARTS) is 1. The van der Waals surface area contributed by atoms with Crippen LogP contribution in [0.3, 0.4) is 0 Å². The van der Waals surface area contributed by atoms with E-state index in [1.54, 1.807) is 0 Å². The van der Waals surface area contributed by atoms with Crippen LogP contribution in [0, 0.1) is 11.6 Å². The van der Waals surface area contributed by atoms with E-state index in [0.29, 0.717) is 18.2 Å². The van der Waals surface area contributed by atoms with Crippen molar-refractivity contribution in [1.82, 2.24) is 0 Å². The molecule has 82 valence electrons. The molecule has 0 aliphatic rings. The number of carboxylic acids is 1. The summed E-state index contributed by atoms with van der Waals surface area (Å²) in [6, 6.07) is 1.85. The summed E-state index contributed by atoms with van der Waals surface area (Å²) in [5.74, 6) is -8.40. The molecule has 0 atom stereocenters. The summed E-state index contributed by atoms with van der Waals surface area (Å²) < 4.78 is 50.4. The van der Waals surface area contributed by atoms with Gasteiger partial charge in [-0.1, -0.05) is 0 Å². The number of halogens is 4. The van der Waals surface area contributed by atoms with Gasteiger partial charge in [0.2, 0.25) is 0 Å². The van der Waals surface area contributed by atoms with Crippen molar-refractivity contribution in [2.24, 2.45) is 0 Å². The van der Waals surface area contributed by atoms with E-state index < -0.39 is 35.5 Å². The average molecular weight is 222 g/mol. The van der Waals surface area contributed by atoms with Crippen LogP contribution in [0.1, 0.15) is 5.56 Å². The number of aliphatic carboxylic acids is 1. The van der Waals surface area contributed by atoms with Crippen LogP contribution in [0.4, 0.5) is 17.6 Å². The molecule has 0 spiro atoms. The highest BCUT2D eigenvalue weighted by atomic mass is 19.3. The Hall–Kier alpha value is -1.59. The summed E-state index contributed by atoms with van der Waals surface area (Å²) in [5.41, 5.74) is -0.403. The van der Waals surface area contributed by atoms with E-state index in [1.807, 2.05) is 0 Å². The number of hydrogen-bond acceptors (Lipinski definition) is 1. The van der Waals surface area contributed by atoms with Crippen molar-refractivity contribution in [3.05, 3.63) is 35.4 Å². The molecule has 1 N–H and O–H groups in total. The van der Waals surface area contributed by atoms with E-state index in [4.69, 9.17) is 5.11 Å². The highest BCUT2D eigenvalue weighted by Crippen LogP contribution is 2.21. The van der Waals surface area contributed by atoms with Crippen molar-refractivity contribution < 1.29 is 27.5 Å². The molecular formula is C9H6F4O2. The first-order chi connectivity index (χ1) is 6.81. The first-order valence-corrected chi connectivity index (χ1v) is 3.87. The quantitative estimate of drug-likeness (QED) is 0.796. The number of alkyl halides is 2. The molecular weight excluding hydrogens is 216 g/mol. The molecule has 2 nitrogen and oxygen atoms in total. The molecule has 0 amide bonds. The van der Waals surface area contributed by atoms with Crippen LogP contribution in [0.25, 0.3) is 0 Å². The lowest BCUT2D eigenvalue weighted by Gasteiger charge is -2.10. The van der Waals surface area contributed by atoms with Crippen LogP contribution in [-0.4, -0.2) is 17.0 Å². The van der Waals surface area contributed by atoms with Crippen molar-refractivity contribution in [1.29, 1.82) is 0 Å². The lowest BCUT2D eigenvalue weighted by atomic mass is 10.1. The van der Waals surface area contributed by atoms with Crippen LogP contribution in [0.2, 0.25) is 0 Å². The summed E-state index contributed by atoms with van der Waals surface area (Å²) in [6.07, 6.45) is -1.24. The Balaban J connectivity index is 2.94. The van der Waals surface area contributed by atoms with Gasteiger partial charge in [0.25, 0.3) is 0 Å². The second kappa shape index (κ2) is 3.88. The minimum Gasteiger partial charge on any atom is -0.477 e. The molecule has 1 rings (SSSR count). The third-order valence-electron chi connectivity index (χ3n) is 1.66. The molecule has 0 aliphatic carbocycles. The molecule has 0 aliphatic heterocycles. The van der Waals surface area contributed by atoms with Crippen LogP contribution < -0.4 is 0 Å². The maximum atomic E-state index is 12.7. The zero-order chi connectivity index (χ0) is 11.6. The van der Waals surface area contributed by atoms with Crippen molar-refractivity contribution in [3.8, 4) is 0 Å². The van der Waals surface area contributed by atoms with E-state index in [1.165, 1.54) is 0 Å². The van der Waals surface area contributed by atoms with Gasteiger partial charge in [-0.2, -0.15) is 8.78 Å². The van der Waals surface area contributed by atoms with Crippen LogP contribution in [-0.2, 0) is 11.2 Å². The monoisotopic (exact) mass is 222 g/mol. The zero-order valence-electron chi connectivity index (χ0n) is 7.31. The lowest BCUT2D eigenvalue weighted by molar-refractivity contribution is -0.164. The van der Waals surface area contributed by atoms with Gasteiger partial charge >= 0.3 is 11.9 Å². The Bertz CT molecular complexity index is 369. The predicted molar refractivity (Wildman–Crippen MR) is 42.6 cm³/mol. The highest BCUT2D eigenvalue weighted by molar-refractivity contribution is 5.75. The number of carbonyl (C=O) groups is 1. The summed E-state index contributed by atoms with van der Waals surface area (Å²) in [5, 5.41) is 8.10. The fraction of sp³-hybridized carbons (Fsp3) is 0.222. The fourth-order valence-electron chi connectivity index (χ4n) is 1.04. The average Bonchev–Trinajstić information content (AvgIpc) is 1.99. The Morgan fingerprint density at radius 1 is 1.20 bits per heavy atom. The molecule has 0 bridgehead atoms. The van der Waals surface area contributed by atoms with Crippen LogP contribution >= 0.6 is 0 Å². The Morgan fingerprint density at radius 2 is 1.67 bits per heavy atom. The maximum Gasteiger partial charge on any atom is 0.374 e. The molecule has 6 heteroatoms. The molecule has 0 saturated carbocycles. The summed E-state index contributed by atoms with van der Waals surface area (Å²) in [6.45, 7) is 0. The number of benzene rings is 1. The molecule has 0 fully saturated rings. The van der Waals surface area contributed by atoms with Gasteiger partial charge in [-0.15, -0.1) is 0 Å². The lowest BCUT2D eigenvalue weighted by Crippen LogP contribution is -2.30. The second-order valence-electron chi connectivity index (χ2n) is 2.96. The van der Waals surface area contributed by atoms with Crippen LogP contribution in [0.15, 0.2) is 18.2 Å². The standard InChI is InChI=1S/C9H6F4O2/c10-6-1-5(2-7(11)3-6)4-9(12,13)8(14)15/h1-3H,4H2,(H,14,15). The van der Waals surface area contributed by atoms with E-state index in [9.17, 15) is 22.4 Å². The topological polar surface area (TPSA) is 37.3 Å². The van der Waals surface area contributed by atoms with E-state index >= 15 is 0 Å². The third-order valence-corrected chi connectivity index (χ3v) is 1.66. The minimum absolute atomic E-state index is 0.403. The SMILES string of the molecule is O=C(O)C(F)(F)Cc1cc(F)cc(F)c1. The molecule has 1 aromatic carbocycles. The Labute approximate surface area is 82.1 Å². The van der Waals surface area contributed by atoms with Gasteiger partial charge in [0.1, 0.15) is 11.6 Å². The zero-order valence-corrected chi connectivity index (χ0v) is 7.31. The van der Waals surface area contributed by atoms with E-state index in [0.717, 1.165) is 0 Å². The van der Waals surface area contributed by atoms with Gasteiger partial charge in [-0.05, 0) is 17.7 Å². The van der Waals surface area contributed by atoms with Gasteiger partial charge in [-0.25, -0.2) is 13.6 Å². The summed E-state index contributed by atoms with van der Waals surface area (Å²) in [4.78, 5) is 10.1. The largest absolute Gasteiger partial charge is 0.477 e. The molecule has 0 unspecified atom stereocenters. The van der Waals surface area contributed by atoms with Crippen LogP contribution in [0.5, 0.6) is 0 Å². The molecule has 0 aromatic heterocycles. The second-order valence-corrected chi connectivity index (χ2v) is 2.96. The van der Waals surface area contributed by atoms with Crippen molar-refractivity contribution in [2.45, 2.75) is 12.3 Å². The first kappa shape index (κ1) is 11.5. The molecule has 15 heavy (non-hydrogen) atoms. The van der Waals surface area contributed by atoms with Gasteiger partial charge in [0, 0.05) is 12.5 Å². The van der Waals surface area contributed by atoms with Gasteiger partial charge in [0.15, 0.2) is 0 Å². The first-order valence-electron chi connectivity index (χ1n) is 3.87. The molecule has 1 aromatic rings. The molecule has 0 saturated heterocycles. The Kier molecular flexibility index (Phi) is 2.97. The Morgan fingerprint density at radius 3 is 2.07 bits per heavy atom. The highest BCUT2D eigenvalue weighted by Gasteiger charge is 2.38. The van der Waals surface area contributed by atoms with E-state index in [2.05, 4.69) is 0 Å². The van der Waals surface area contributed by atoms with Crippen molar-refractivity contribution >= 4 is 5.97 Å². The number of hydrogen-bond donors (Lipinski definition) is 1. The molecule has 0 radical (unpaired) electrons. The normalized spacial score (nSPS) is 11.5. The van der Waals surface area contributed by atoms with Crippen molar-refractivity contribution in [2.75, 3.05) is 0 Å². The maximum absolute atomic E-state index is 12.7. The minimum atomic E-state index is -4.03. The number of rotatable bonds is 3. The third kappa shape index (κ3) is 2.93. The van der Waals surface area contributed by atoms with E-state index in [-0.39, 0.29) is 0 Å². The van der Waals surface area contributed by atoms with Crippen molar-refractivity contribution in [3.63, 3.8) is 0 Å². The molecule has 0 heterocycles. The van der Waals surface area contributed by atoms with Gasteiger partial charge in [0.05, 0.1) is 0 Å². The summed E-state index contributed by atoms with van der Waals surface area (Å²) >= 11 is 0. The smallest absolute Gasteiger partial charge is 0.374 e. The van der Waals surface area contributed by atoms with Gasteiger partial charge in [-0.3, -0.25) is 0 Å². The summed E-state index contributed by atoms with van der Waals surface area (Å²) in [7, 11) is 0. The predicted octanol–water partition coefficient (Wildman–Crippen LogP) is 2.23.